The molecule has 1 N–H and O–H groups in total. The summed E-state index contributed by atoms with van der Waals surface area (Å²) in [6, 6.07) is 11.8. The molecule has 4 heteroatoms. The summed E-state index contributed by atoms with van der Waals surface area (Å²) in [7, 11) is 0. The summed E-state index contributed by atoms with van der Waals surface area (Å²) in [5.41, 5.74) is 4.93. The fourth-order valence-corrected chi connectivity index (χ4v) is 4.43. The first-order valence-corrected chi connectivity index (χ1v) is 10.4. The molecular formula is C25H29ClO3. The van der Waals surface area contributed by atoms with Crippen LogP contribution in [-0.4, -0.2) is 23.6 Å². The Kier molecular flexibility index (Phi) is 6.21. The maximum atomic E-state index is 12.6. The summed E-state index contributed by atoms with van der Waals surface area (Å²) in [6.07, 6.45) is 1.44. The van der Waals surface area contributed by atoms with Crippen molar-refractivity contribution in [2.45, 2.75) is 53.6 Å². The zero-order chi connectivity index (χ0) is 21.3. The van der Waals surface area contributed by atoms with Gasteiger partial charge in [0.15, 0.2) is 5.78 Å². The SMILES string of the molecule is CC(=O)/C(=C(/O)C1(C)CCOC(C)C1)c1cc(C)c(-c2ccc(Cl)cc2)cc1C. The Morgan fingerprint density at radius 2 is 1.83 bits per heavy atom. The Balaban J connectivity index is 2.12. The van der Waals surface area contributed by atoms with Crippen LogP contribution < -0.4 is 0 Å². The van der Waals surface area contributed by atoms with E-state index in [4.69, 9.17) is 16.3 Å². The Bertz CT molecular complexity index is 959. The summed E-state index contributed by atoms with van der Waals surface area (Å²) in [4.78, 5) is 12.6. The second kappa shape index (κ2) is 8.33. The highest BCUT2D eigenvalue weighted by atomic mass is 35.5. The van der Waals surface area contributed by atoms with Crippen molar-refractivity contribution in [2.24, 2.45) is 5.41 Å². The van der Waals surface area contributed by atoms with Gasteiger partial charge in [0.25, 0.3) is 0 Å². The normalized spacial score (nSPS) is 22.9. The van der Waals surface area contributed by atoms with Crippen molar-refractivity contribution in [3.8, 4) is 11.1 Å². The lowest BCUT2D eigenvalue weighted by atomic mass is 9.75. The second-order valence-corrected chi connectivity index (χ2v) is 8.90. The minimum absolute atomic E-state index is 0.0548. The third kappa shape index (κ3) is 4.41. The lowest BCUT2D eigenvalue weighted by Crippen LogP contribution is -2.34. The summed E-state index contributed by atoms with van der Waals surface area (Å²) in [6.45, 7) is 10.2. The minimum atomic E-state index is -0.464. The zero-order valence-electron chi connectivity index (χ0n) is 17.8. The number of carbonyl (C=O) groups is 1. The van der Waals surface area contributed by atoms with Gasteiger partial charge in [-0.05, 0) is 80.5 Å². The van der Waals surface area contributed by atoms with E-state index < -0.39 is 5.41 Å². The molecule has 0 spiro atoms. The summed E-state index contributed by atoms with van der Waals surface area (Å²) >= 11 is 6.02. The van der Waals surface area contributed by atoms with Crippen LogP contribution in [0.5, 0.6) is 0 Å². The van der Waals surface area contributed by atoms with E-state index in [1.807, 2.05) is 58.0 Å². The fourth-order valence-electron chi connectivity index (χ4n) is 4.31. The zero-order valence-corrected chi connectivity index (χ0v) is 18.6. The largest absolute Gasteiger partial charge is 0.511 e. The standard InChI is InChI=1S/C25H29ClO3/c1-15-13-22(16(2)12-21(15)19-6-8-20(26)9-7-19)23(18(4)27)24(28)25(5)10-11-29-17(3)14-25/h6-9,12-13,17,28H,10-11,14H2,1-5H3/b24-23-. The second-order valence-electron chi connectivity index (χ2n) is 8.46. The average Bonchev–Trinajstić information content (AvgIpc) is 2.64. The molecule has 29 heavy (non-hydrogen) atoms. The number of halogens is 1. The lowest BCUT2D eigenvalue weighted by molar-refractivity contribution is -0.112. The van der Waals surface area contributed by atoms with Crippen molar-refractivity contribution in [3.63, 3.8) is 0 Å². The molecule has 3 rings (SSSR count). The first kappa shape index (κ1) is 21.6. The van der Waals surface area contributed by atoms with Gasteiger partial charge in [-0.2, -0.15) is 0 Å². The van der Waals surface area contributed by atoms with Crippen LogP contribution in [0.4, 0.5) is 0 Å². The molecule has 3 nitrogen and oxygen atoms in total. The van der Waals surface area contributed by atoms with Crippen molar-refractivity contribution >= 4 is 23.0 Å². The molecule has 0 saturated carbocycles. The Morgan fingerprint density at radius 1 is 1.17 bits per heavy atom. The predicted molar refractivity (Wildman–Crippen MR) is 119 cm³/mol. The number of allylic oxidation sites excluding steroid dienone is 2. The van der Waals surface area contributed by atoms with Crippen LogP contribution in [0.3, 0.4) is 0 Å². The molecule has 1 saturated heterocycles. The van der Waals surface area contributed by atoms with E-state index in [-0.39, 0.29) is 17.6 Å². The predicted octanol–water partition coefficient (Wildman–Crippen LogP) is 6.69. The van der Waals surface area contributed by atoms with E-state index in [2.05, 4.69) is 6.07 Å². The van der Waals surface area contributed by atoms with Crippen molar-refractivity contribution in [2.75, 3.05) is 6.61 Å². The quantitative estimate of drug-likeness (QED) is 0.449. The van der Waals surface area contributed by atoms with E-state index in [9.17, 15) is 9.90 Å². The molecule has 2 unspecified atom stereocenters. The molecule has 0 bridgehead atoms. The van der Waals surface area contributed by atoms with Gasteiger partial charge in [-0.1, -0.05) is 42.8 Å². The van der Waals surface area contributed by atoms with Crippen LogP contribution in [0.2, 0.25) is 5.02 Å². The molecule has 0 amide bonds. The molecule has 1 fully saturated rings. The van der Waals surface area contributed by atoms with Crippen molar-refractivity contribution in [3.05, 3.63) is 63.9 Å². The van der Waals surface area contributed by atoms with Gasteiger partial charge in [0.05, 0.1) is 11.7 Å². The van der Waals surface area contributed by atoms with Crippen molar-refractivity contribution in [1.29, 1.82) is 0 Å². The number of hydrogen-bond donors (Lipinski definition) is 1. The van der Waals surface area contributed by atoms with E-state index in [1.54, 1.807) is 0 Å². The summed E-state index contributed by atoms with van der Waals surface area (Å²) in [5, 5.41) is 12.0. The number of aliphatic hydroxyl groups excluding tert-OH is 1. The molecule has 0 radical (unpaired) electrons. The third-order valence-electron chi connectivity index (χ3n) is 5.95. The molecular weight excluding hydrogens is 384 g/mol. The highest BCUT2D eigenvalue weighted by Gasteiger charge is 2.38. The number of hydrogen-bond acceptors (Lipinski definition) is 3. The molecule has 2 aromatic rings. The molecule has 0 aromatic heterocycles. The monoisotopic (exact) mass is 412 g/mol. The molecule has 2 aromatic carbocycles. The van der Waals surface area contributed by atoms with Gasteiger partial charge in [-0.15, -0.1) is 0 Å². The van der Waals surface area contributed by atoms with E-state index in [0.717, 1.165) is 27.8 Å². The molecule has 2 atom stereocenters. The van der Waals surface area contributed by atoms with E-state index in [1.165, 1.54) is 6.92 Å². The van der Waals surface area contributed by atoms with Crippen LogP contribution in [0.1, 0.15) is 50.3 Å². The van der Waals surface area contributed by atoms with E-state index in [0.29, 0.717) is 30.0 Å². The van der Waals surface area contributed by atoms with Crippen LogP contribution >= 0.6 is 11.6 Å². The number of ketones is 1. The fraction of sp³-hybridized carbons (Fsp3) is 0.400. The number of ether oxygens (including phenoxy) is 1. The number of aliphatic hydroxyl groups is 1. The van der Waals surface area contributed by atoms with Crippen molar-refractivity contribution < 1.29 is 14.6 Å². The molecule has 154 valence electrons. The Labute approximate surface area is 178 Å². The number of benzene rings is 2. The number of aryl methyl sites for hydroxylation is 2. The number of carbonyl (C=O) groups excluding carboxylic acids is 1. The van der Waals surface area contributed by atoms with Crippen LogP contribution in [0.25, 0.3) is 16.7 Å². The smallest absolute Gasteiger partial charge is 0.163 e. The van der Waals surface area contributed by atoms with Gasteiger partial charge in [0.1, 0.15) is 5.76 Å². The van der Waals surface area contributed by atoms with Crippen LogP contribution in [0, 0.1) is 19.3 Å². The molecule has 1 aliphatic rings. The summed E-state index contributed by atoms with van der Waals surface area (Å²) < 4.78 is 5.66. The molecule has 1 heterocycles. The van der Waals surface area contributed by atoms with Gasteiger partial charge in [-0.3, -0.25) is 4.79 Å². The van der Waals surface area contributed by atoms with Gasteiger partial charge in [0, 0.05) is 17.0 Å². The van der Waals surface area contributed by atoms with E-state index >= 15 is 0 Å². The van der Waals surface area contributed by atoms with Crippen LogP contribution in [-0.2, 0) is 9.53 Å². The highest BCUT2D eigenvalue weighted by Crippen LogP contribution is 2.43. The Morgan fingerprint density at radius 3 is 2.41 bits per heavy atom. The molecule has 1 aliphatic heterocycles. The maximum Gasteiger partial charge on any atom is 0.163 e. The highest BCUT2D eigenvalue weighted by molar-refractivity contribution is 6.30. The van der Waals surface area contributed by atoms with Crippen LogP contribution in [0.15, 0.2) is 42.2 Å². The van der Waals surface area contributed by atoms with Gasteiger partial charge in [0.2, 0.25) is 0 Å². The van der Waals surface area contributed by atoms with Gasteiger partial charge < -0.3 is 9.84 Å². The molecule has 0 aliphatic carbocycles. The maximum absolute atomic E-state index is 12.6. The average molecular weight is 413 g/mol. The topological polar surface area (TPSA) is 46.5 Å². The van der Waals surface area contributed by atoms with Gasteiger partial charge in [-0.25, -0.2) is 0 Å². The third-order valence-corrected chi connectivity index (χ3v) is 6.20. The van der Waals surface area contributed by atoms with Crippen molar-refractivity contribution in [1.82, 2.24) is 0 Å². The number of rotatable bonds is 4. The first-order chi connectivity index (χ1) is 13.6. The van der Waals surface area contributed by atoms with Gasteiger partial charge >= 0.3 is 0 Å². The minimum Gasteiger partial charge on any atom is -0.511 e. The first-order valence-electron chi connectivity index (χ1n) is 10.1. The Hall–Kier alpha value is -2.10. The number of Topliss-reactive ketones (excluding diaryl/α,β-unsaturated/α-hetero) is 1. The lowest BCUT2D eigenvalue weighted by Gasteiger charge is -2.37. The summed E-state index contributed by atoms with van der Waals surface area (Å²) in [5.74, 6) is 0.0616.